The summed E-state index contributed by atoms with van der Waals surface area (Å²) in [6.45, 7) is 6.56. The van der Waals surface area contributed by atoms with Gasteiger partial charge in [0.1, 0.15) is 0 Å². The molecule has 108 valence electrons. The van der Waals surface area contributed by atoms with E-state index in [0.29, 0.717) is 23.2 Å². The highest BCUT2D eigenvalue weighted by Crippen LogP contribution is 2.36. The predicted octanol–water partition coefficient (Wildman–Crippen LogP) is 3.45. The molecule has 2 rings (SSSR count). The van der Waals surface area contributed by atoms with E-state index < -0.39 is 11.7 Å². The zero-order chi connectivity index (χ0) is 15.0. The summed E-state index contributed by atoms with van der Waals surface area (Å²) in [5.41, 5.74) is 2.02. The molecule has 0 fully saturated rings. The first-order valence-corrected chi connectivity index (χ1v) is 7.52. The Morgan fingerprint density at radius 3 is 2.50 bits per heavy atom. The minimum atomic E-state index is -0.554. The highest BCUT2D eigenvalue weighted by molar-refractivity contribution is 9.10. The first-order chi connectivity index (χ1) is 9.31. The SMILES string of the molecule is CC(C)CC(C)N(C)c1cc2c(cc1Br)C(=O)C(=O)N2. The number of hydrogen-bond acceptors (Lipinski definition) is 3. The number of carbonyl (C=O) groups is 2. The lowest BCUT2D eigenvalue weighted by molar-refractivity contribution is -0.112. The molecule has 0 radical (unpaired) electrons. The third-order valence-corrected chi connectivity index (χ3v) is 4.27. The average molecular weight is 339 g/mol. The molecule has 1 aliphatic rings. The van der Waals surface area contributed by atoms with Gasteiger partial charge in [0.25, 0.3) is 11.7 Å². The Bertz CT molecular complexity index is 569. The van der Waals surface area contributed by atoms with E-state index >= 15 is 0 Å². The number of nitrogens with one attached hydrogen (secondary N) is 1. The van der Waals surface area contributed by atoms with Crippen molar-refractivity contribution in [3.05, 3.63) is 22.2 Å². The summed E-state index contributed by atoms with van der Waals surface area (Å²) in [5.74, 6) is -0.408. The Morgan fingerprint density at radius 2 is 1.90 bits per heavy atom. The third-order valence-electron chi connectivity index (χ3n) is 3.64. The van der Waals surface area contributed by atoms with Crippen molar-refractivity contribution < 1.29 is 9.59 Å². The number of ketones is 1. The van der Waals surface area contributed by atoms with Gasteiger partial charge in [-0.05, 0) is 47.3 Å². The summed E-state index contributed by atoms with van der Waals surface area (Å²) in [7, 11) is 2.03. The summed E-state index contributed by atoms with van der Waals surface area (Å²) in [5, 5.41) is 2.61. The number of fused-ring (bicyclic) bond motifs is 1. The second-order valence-corrected chi connectivity index (χ2v) is 6.58. The van der Waals surface area contributed by atoms with Gasteiger partial charge in [0.15, 0.2) is 0 Å². The van der Waals surface area contributed by atoms with Crippen LogP contribution in [0.3, 0.4) is 0 Å². The number of nitrogens with zero attached hydrogens (tertiary/aromatic N) is 1. The topological polar surface area (TPSA) is 49.4 Å². The molecule has 1 amide bonds. The van der Waals surface area contributed by atoms with Gasteiger partial charge in [-0.25, -0.2) is 0 Å². The molecule has 1 aromatic rings. The van der Waals surface area contributed by atoms with Crippen LogP contribution in [0.15, 0.2) is 16.6 Å². The lowest BCUT2D eigenvalue weighted by Crippen LogP contribution is -2.30. The summed E-state index contributed by atoms with van der Waals surface area (Å²) >= 11 is 3.50. The fourth-order valence-electron chi connectivity index (χ4n) is 2.50. The van der Waals surface area contributed by atoms with Crippen LogP contribution >= 0.6 is 15.9 Å². The van der Waals surface area contributed by atoms with Crippen molar-refractivity contribution in [2.24, 2.45) is 5.92 Å². The molecule has 0 saturated carbocycles. The molecule has 20 heavy (non-hydrogen) atoms. The Balaban J connectivity index is 2.33. The minimum absolute atomic E-state index is 0.372. The van der Waals surface area contributed by atoms with Crippen LogP contribution in [0.5, 0.6) is 0 Å². The number of halogens is 1. The standard InChI is InChI=1S/C15H19BrN2O2/c1-8(2)5-9(3)18(4)13-7-12-10(6-11(13)16)14(19)15(20)17-12/h6-9H,5H2,1-4H3,(H,17,19,20). The van der Waals surface area contributed by atoms with Crippen molar-refractivity contribution >= 4 is 39.0 Å². The van der Waals surface area contributed by atoms with E-state index in [-0.39, 0.29) is 0 Å². The molecule has 1 unspecified atom stereocenters. The van der Waals surface area contributed by atoms with Gasteiger partial charge in [-0.1, -0.05) is 13.8 Å². The van der Waals surface area contributed by atoms with Gasteiger partial charge in [-0.3, -0.25) is 9.59 Å². The van der Waals surface area contributed by atoms with Crippen LogP contribution in [0, 0.1) is 5.92 Å². The highest BCUT2D eigenvalue weighted by atomic mass is 79.9. The maximum atomic E-state index is 11.7. The van der Waals surface area contributed by atoms with Crippen LogP contribution in [0.25, 0.3) is 0 Å². The van der Waals surface area contributed by atoms with Gasteiger partial charge in [0.05, 0.1) is 16.9 Å². The monoisotopic (exact) mass is 338 g/mol. The molecule has 0 aromatic heterocycles. The van der Waals surface area contributed by atoms with E-state index in [2.05, 4.69) is 46.9 Å². The molecular weight excluding hydrogens is 320 g/mol. The quantitative estimate of drug-likeness (QED) is 0.855. The minimum Gasteiger partial charge on any atom is -0.371 e. The molecule has 0 spiro atoms. The number of carbonyl (C=O) groups excluding carboxylic acids is 2. The van der Waals surface area contributed by atoms with Gasteiger partial charge < -0.3 is 10.2 Å². The van der Waals surface area contributed by atoms with Crippen LogP contribution < -0.4 is 10.2 Å². The van der Waals surface area contributed by atoms with Crippen LogP contribution in [-0.4, -0.2) is 24.8 Å². The van der Waals surface area contributed by atoms with Crippen LogP contribution in [0.1, 0.15) is 37.6 Å². The average Bonchev–Trinajstić information content (AvgIpc) is 2.63. The lowest BCUT2D eigenvalue weighted by atomic mass is 10.0. The molecule has 4 nitrogen and oxygen atoms in total. The second-order valence-electron chi connectivity index (χ2n) is 5.72. The summed E-state index contributed by atoms with van der Waals surface area (Å²) in [6, 6.07) is 3.96. The molecule has 1 atom stereocenters. The Hall–Kier alpha value is -1.36. The third kappa shape index (κ3) is 2.73. The predicted molar refractivity (Wildman–Crippen MR) is 84.4 cm³/mol. The Labute approximate surface area is 127 Å². The number of hydrogen-bond donors (Lipinski definition) is 1. The maximum Gasteiger partial charge on any atom is 0.296 e. The van der Waals surface area contributed by atoms with Gasteiger partial charge in [-0.15, -0.1) is 0 Å². The largest absolute Gasteiger partial charge is 0.371 e. The van der Waals surface area contributed by atoms with Crippen molar-refractivity contribution in [3.63, 3.8) is 0 Å². The van der Waals surface area contributed by atoms with Crippen molar-refractivity contribution in [1.29, 1.82) is 0 Å². The fourth-order valence-corrected chi connectivity index (χ4v) is 3.13. The molecule has 1 N–H and O–H groups in total. The van der Waals surface area contributed by atoms with E-state index in [9.17, 15) is 9.59 Å². The normalized spacial score (nSPS) is 15.3. The Kier molecular flexibility index (Phi) is 4.18. The van der Waals surface area contributed by atoms with Crippen molar-refractivity contribution in [1.82, 2.24) is 0 Å². The van der Waals surface area contributed by atoms with E-state index in [1.165, 1.54) is 0 Å². The maximum absolute atomic E-state index is 11.7. The van der Waals surface area contributed by atoms with Gasteiger partial charge in [-0.2, -0.15) is 0 Å². The van der Waals surface area contributed by atoms with E-state index in [0.717, 1.165) is 16.6 Å². The molecule has 5 heteroatoms. The van der Waals surface area contributed by atoms with Crippen molar-refractivity contribution in [2.75, 3.05) is 17.3 Å². The first kappa shape index (κ1) is 15.0. The molecule has 1 aliphatic heterocycles. The number of anilines is 2. The number of amides is 1. The van der Waals surface area contributed by atoms with Crippen LogP contribution in [-0.2, 0) is 4.79 Å². The zero-order valence-corrected chi connectivity index (χ0v) is 13.7. The van der Waals surface area contributed by atoms with Gasteiger partial charge in [0.2, 0.25) is 0 Å². The molecule has 1 aromatic carbocycles. The lowest BCUT2D eigenvalue weighted by Gasteiger charge is -2.29. The highest BCUT2D eigenvalue weighted by Gasteiger charge is 2.29. The molecule has 1 heterocycles. The Morgan fingerprint density at radius 1 is 1.25 bits per heavy atom. The molecular formula is C15H19BrN2O2. The molecule has 0 aliphatic carbocycles. The van der Waals surface area contributed by atoms with Gasteiger partial charge >= 0.3 is 0 Å². The van der Waals surface area contributed by atoms with E-state index in [1.54, 1.807) is 6.07 Å². The first-order valence-electron chi connectivity index (χ1n) is 6.73. The summed E-state index contributed by atoms with van der Waals surface area (Å²) in [6.07, 6.45) is 1.07. The molecule has 0 saturated heterocycles. The summed E-state index contributed by atoms with van der Waals surface area (Å²) < 4.78 is 0.833. The number of rotatable bonds is 4. The van der Waals surface area contributed by atoms with E-state index in [1.807, 2.05) is 13.1 Å². The smallest absolute Gasteiger partial charge is 0.296 e. The molecule has 0 bridgehead atoms. The van der Waals surface area contributed by atoms with E-state index in [4.69, 9.17) is 0 Å². The van der Waals surface area contributed by atoms with Crippen LogP contribution in [0.4, 0.5) is 11.4 Å². The fraction of sp³-hybridized carbons (Fsp3) is 0.467. The van der Waals surface area contributed by atoms with Crippen molar-refractivity contribution in [3.8, 4) is 0 Å². The van der Waals surface area contributed by atoms with Crippen LogP contribution in [0.2, 0.25) is 0 Å². The zero-order valence-electron chi connectivity index (χ0n) is 12.2. The number of benzene rings is 1. The second kappa shape index (κ2) is 5.56. The number of Topliss-reactive ketones (excluding diaryl/α,β-unsaturated/α-hetero) is 1. The van der Waals surface area contributed by atoms with Crippen molar-refractivity contribution in [2.45, 2.75) is 33.2 Å². The summed E-state index contributed by atoms with van der Waals surface area (Å²) in [4.78, 5) is 25.2. The van der Waals surface area contributed by atoms with Gasteiger partial charge in [0, 0.05) is 17.6 Å².